The monoisotopic (exact) mass is 393 g/mol. The Hall–Kier alpha value is -3.48. The number of amides is 1. The second-order valence-corrected chi connectivity index (χ2v) is 7.21. The molecule has 0 unspecified atom stereocenters. The van der Waals surface area contributed by atoms with E-state index in [-0.39, 0.29) is 17.4 Å². The van der Waals surface area contributed by atoms with Gasteiger partial charge in [0.1, 0.15) is 17.1 Å². The van der Waals surface area contributed by atoms with Crippen molar-refractivity contribution in [3.8, 4) is 28.5 Å². The van der Waals surface area contributed by atoms with Crippen LogP contribution in [0.25, 0.3) is 11.3 Å². The first kappa shape index (κ1) is 18.9. The molecule has 0 saturated heterocycles. The molecule has 4 rings (SSSR count). The van der Waals surface area contributed by atoms with Crippen LogP contribution in [0.15, 0.2) is 36.4 Å². The number of nitrogens with zero attached hydrogens (tertiary/aromatic N) is 2. The number of phenolic OH excluding ortho intramolecular Hbond substituents is 2. The molecule has 29 heavy (non-hydrogen) atoms. The van der Waals surface area contributed by atoms with Crippen LogP contribution < -0.4 is 4.74 Å². The SMILES string of the molecule is CCCN1C(=O)c2[nH]nc(-c3cc(C)ccc3O)c2[C@H]1c1ccc(O)c(OC)c1. The number of aromatic hydroxyl groups is 2. The molecule has 0 spiro atoms. The Bertz CT molecular complexity index is 1090. The Morgan fingerprint density at radius 3 is 2.66 bits per heavy atom. The third-order valence-corrected chi connectivity index (χ3v) is 5.26. The average Bonchev–Trinajstić information content (AvgIpc) is 3.24. The van der Waals surface area contributed by atoms with E-state index in [2.05, 4.69) is 10.2 Å². The Morgan fingerprint density at radius 2 is 1.93 bits per heavy atom. The maximum absolute atomic E-state index is 13.1. The molecule has 0 saturated carbocycles. The molecule has 2 heterocycles. The molecular weight excluding hydrogens is 370 g/mol. The van der Waals surface area contributed by atoms with E-state index < -0.39 is 6.04 Å². The number of carbonyl (C=O) groups is 1. The standard InChI is InChI=1S/C22H23N3O4/c1-4-9-25-21(13-6-8-16(27)17(11-13)29-3)18-19(23-24-20(18)22(25)28)14-10-12(2)5-7-15(14)26/h5-8,10-11,21,26-27H,4,9H2,1-3H3,(H,23,24)/t21-/m1/s1. The molecule has 3 N–H and O–H groups in total. The number of fused-ring (bicyclic) bond motifs is 1. The number of hydrogen-bond acceptors (Lipinski definition) is 5. The number of aromatic amines is 1. The van der Waals surface area contributed by atoms with Crippen LogP contribution in [-0.4, -0.2) is 44.9 Å². The van der Waals surface area contributed by atoms with E-state index in [0.29, 0.717) is 29.2 Å². The zero-order chi connectivity index (χ0) is 20.7. The summed E-state index contributed by atoms with van der Waals surface area (Å²) in [6, 6.07) is 9.98. The summed E-state index contributed by atoms with van der Waals surface area (Å²) in [5.41, 5.74) is 4.04. The van der Waals surface area contributed by atoms with E-state index >= 15 is 0 Å². The van der Waals surface area contributed by atoms with Crippen LogP contribution in [-0.2, 0) is 0 Å². The topological polar surface area (TPSA) is 98.7 Å². The molecule has 1 amide bonds. The summed E-state index contributed by atoms with van der Waals surface area (Å²) in [7, 11) is 1.49. The predicted molar refractivity (Wildman–Crippen MR) is 108 cm³/mol. The fraction of sp³-hybridized carbons (Fsp3) is 0.273. The van der Waals surface area contributed by atoms with Gasteiger partial charge >= 0.3 is 0 Å². The first-order valence-electron chi connectivity index (χ1n) is 9.52. The van der Waals surface area contributed by atoms with Gasteiger partial charge in [0.05, 0.1) is 13.2 Å². The maximum Gasteiger partial charge on any atom is 0.273 e. The van der Waals surface area contributed by atoms with Gasteiger partial charge in [-0.15, -0.1) is 0 Å². The van der Waals surface area contributed by atoms with Crippen molar-refractivity contribution in [2.75, 3.05) is 13.7 Å². The first-order valence-corrected chi connectivity index (χ1v) is 9.52. The minimum absolute atomic E-state index is 0.0339. The number of nitrogens with one attached hydrogen (secondary N) is 1. The van der Waals surface area contributed by atoms with Crippen LogP contribution in [0.3, 0.4) is 0 Å². The number of ether oxygens (including phenoxy) is 1. The van der Waals surface area contributed by atoms with Crippen LogP contribution in [0.1, 0.15) is 46.6 Å². The summed E-state index contributed by atoms with van der Waals surface area (Å²) < 4.78 is 5.27. The number of aromatic nitrogens is 2. The van der Waals surface area contributed by atoms with E-state index in [4.69, 9.17) is 4.74 Å². The third kappa shape index (κ3) is 2.99. The normalized spacial score (nSPS) is 15.6. The van der Waals surface area contributed by atoms with Crippen LogP contribution in [0.5, 0.6) is 17.2 Å². The van der Waals surface area contributed by atoms with Crippen molar-refractivity contribution in [1.29, 1.82) is 0 Å². The van der Waals surface area contributed by atoms with Crippen LogP contribution in [0.4, 0.5) is 0 Å². The van der Waals surface area contributed by atoms with E-state index in [1.165, 1.54) is 7.11 Å². The molecule has 0 radical (unpaired) electrons. The smallest absolute Gasteiger partial charge is 0.273 e. The number of H-pyrrole nitrogens is 1. The number of aryl methyl sites for hydroxylation is 1. The number of rotatable bonds is 5. The fourth-order valence-corrected chi connectivity index (χ4v) is 3.92. The van der Waals surface area contributed by atoms with Gasteiger partial charge in [0.2, 0.25) is 0 Å². The molecule has 1 aliphatic heterocycles. The fourth-order valence-electron chi connectivity index (χ4n) is 3.92. The highest BCUT2D eigenvalue weighted by Crippen LogP contribution is 2.45. The van der Waals surface area contributed by atoms with Gasteiger partial charge in [-0.2, -0.15) is 5.10 Å². The van der Waals surface area contributed by atoms with Gasteiger partial charge in [-0.3, -0.25) is 9.89 Å². The zero-order valence-electron chi connectivity index (χ0n) is 16.6. The third-order valence-electron chi connectivity index (χ3n) is 5.26. The molecule has 7 nitrogen and oxygen atoms in total. The second-order valence-electron chi connectivity index (χ2n) is 7.21. The number of phenols is 2. The molecule has 0 fully saturated rings. The van der Waals surface area contributed by atoms with Crippen molar-refractivity contribution in [2.45, 2.75) is 26.3 Å². The van der Waals surface area contributed by atoms with Gasteiger partial charge in [-0.05, 0) is 43.2 Å². The molecule has 1 aromatic heterocycles. The zero-order valence-corrected chi connectivity index (χ0v) is 16.6. The summed E-state index contributed by atoms with van der Waals surface area (Å²) in [4.78, 5) is 14.9. The predicted octanol–water partition coefficient (Wildman–Crippen LogP) is 3.76. The van der Waals surface area contributed by atoms with Gasteiger partial charge < -0.3 is 19.8 Å². The Labute approximate surface area is 168 Å². The lowest BCUT2D eigenvalue weighted by molar-refractivity contribution is 0.0744. The lowest BCUT2D eigenvalue weighted by Gasteiger charge is -2.26. The first-order chi connectivity index (χ1) is 14.0. The quantitative estimate of drug-likeness (QED) is 0.613. The summed E-state index contributed by atoms with van der Waals surface area (Å²) in [6.45, 7) is 4.52. The van der Waals surface area contributed by atoms with Crippen molar-refractivity contribution in [3.63, 3.8) is 0 Å². The number of carbonyl (C=O) groups excluding carboxylic acids is 1. The van der Waals surface area contributed by atoms with E-state index in [0.717, 1.165) is 23.1 Å². The van der Waals surface area contributed by atoms with Crippen molar-refractivity contribution < 1.29 is 19.7 Å². The van der Waals surface area contributed by atoms with Crippen molar-refractivity contribution in [3.05, 3.63) is 58.8 Å². The Morgan fingerprint density at radius 1 is 1.17 bits per heavy atom. The summed E-state index contributed by atoms with van der Waals surface area (Å²) in [6.07, 6.45) is 0.792. The van der Waals surface area contributed by atoms with E-state index in [1.807, 2.05) is 26.0 Å². The Kier molecular flexibility index (Phi) is 4.66. The van der Waals surface area contributed by atoms with Crippen LogP contribution >= 0.6 is 0 Å². The lowest BCUT2D eigenvalue weighted by atomic mass is 9.95. The van der Waals surface area contributed by atoms with Gasteiger partial charge in [-0.1, -0.05) is 24.6 Å². The molecule has 0 aliphatic carbocycles. The summed E-state index contributed by atoms with van der Waals surface area (Å²) >= 11 is 0. The molecular formula is C22H23N3O4. The average molecular weight is 393 g/mol. The second kappa shape index (κ2) is 7.16. The number of methoxy groups -OCH3 is 1. The molecule has 0 bridgehead atoms. The molecule has 3 aromatic rings. The highest BCUT2D eigenvalue weighted by Gasteiger charge is 2.42. The summed E-state index contributed by atoms with van der Waals surface area (Å²) in [5, 5.41) is 27.7. The highest BCUT2D eigenvalue weighted by molar-refractivity contribution is 6.00. The minimum Gasteiger partial charge on any atom is -0.507 e. The van der Waals surface area contributed by atoms with Crippen LogP contribution in [0.2, 0.25) is 0 Å². The van der Waals surface area contributed by atoms with Gasteiger partial charge in [0.15, 0.2) is 11.5 Å². The van der Waals surface area contributed by atoms with Gasteiger partial charge in [-0.25, -0.2) is 0 Å². The number of hydrogen-bond donors (Lipinski definition) is 3. The van der Waals surface area contributed by atoms with Gasteiger partial charge in [0.25, 0.3) is 5.91 Å². The van der Waals surface area contributed by atoms with Crippen molar-refractivity contribution in [2.24, 2.45) is 0 Å². The lowest BCUT2D eigenvalue weighted by Crippen LogP contribution is -2.30. The largest absolute Gasteiger partial charge is 0.507 e. The molecule has 1 aliphatic rings. The van der Waals surface area contributed by atoms with Gasteiger partial charge in [0, 0.05) is 17.7 Å². The molecule has 2 aromatic carbocycles. The van der Waals surface area contributed by atoms with E-state index in [1.54, 1.807) is 29.2 Å². The highest BCUT2D eigenvalue weighted by atomic mass is 16.5. The van der Waals surface area contributed by atoms with Crippen molar-refractivity contribution in [1.82, 2.24) is 15.1 Å². The summed E-state index contributed by atoms with van der Waals surface area (Å²) in [5.74, 6) is 0.341. The van der Waals surface area contributed by atoms with E-state index in [9.17, 15) is 15.0 Å². The molecule has 150 valence electrons. The maximum atomic E-state index is 13.1. The Balaban J connectivity index is 1.93. The minimum atomic E-state index is -0.402. The van der Waals surface area contributed by atoms with Crippen LogP contribution in [0, 0.1) is 6.92 Å². The number of benzene rings is 2. The molecule has 7 heteroatoms. The van der Waals surface area contributed by atoms with Crippen molar-refractivity contribution >= 4 is 5.91 Å². The molecule has 1 atom stereocenters.